The summed E-state index contributed by atoms with van der Waals surface area (Å²) in [5.74, 6) is 4.01. The van der Waals surface area contributed by atoms with Gasteiger partial charge in [0.2, 0.25) is 0 Å². The third-order valence-corrected chi connectivity index (χ3v) is 5.39. The summed E-state index contributed by atoms with van der Waals surface area (Å²) < 4.78 is 0. The van der Waals surface area contributed by atoms with Crippen molar-refractivity contribution in [1.29, 1.82) is 0 Å². The number of fused-ring (bicyclic) bond motifs is 2. The number of hydrogen-bond acceptors (Lipinski definition) is 2. The Morgan fingerprint density at radius 1 is 1.17 bits per heavy atom. The molecule has 0 aromatic carbocycles. The Morgan fingerprint density at radius 3 is 2.61 bits per heavy atom. The van der Waals surface area contributed by atoms with Gasteiger partial charge in [-0.05, 0) is 69.4 Å². The zero-order valence-electron chi connectivity index (χ0n) is 12.2. The van der Waals surface area contributed by atoms with Gasteiger partial charge in [0, 0.05) is 19.1 Å². The number of rotatable bonds is 7. The van der Waals surface area contributed by atoms with Crippen LogP contribution in [0.25, 0.3) is 0 Å². The molecule has 4 atom stereocenters. The minimum absolute atomic E-state index is 0.800. The topological polar surface area (TPSA) is 15.3 Å². The van der Waals surface area contributed by atoms with Crippen LogP contribution in [0, 0.1) is 23.7 Å². The van der Waals surface area contributed by atoms with Gasteiger partial charge in [0.15, 0.2) is 0 Å². The molecule has 0 spiro atoms. The van der Waals surface area contributed by atoms with Crippen molar-refractivity contribution in [2.75, 3.05) is 26.7 Å². The Kier molecular flexibility index (Phi) is 3.95. The van der Waals surface area contributed by atoms with Crippen LogP contribution < -0.4 is 5.32 Å². The lowest BCUT2D eigenvalue weighted by atomic mass is 9.88. The molecule has 2 nitrogen and oxygen atoms in total. The maximum Gasteiger partial charge on any atom is 0.00683 e. The van der Waals surface area contributed by atoms with Crippen molar-refractivity contribution in [1.82, 2.24) is 10.2 Å². The van der Waals surface area contributed by atoms with Crippen LogP contribution in [0.4, 0.5) is 0 Å². The Bertz CT molecular complexity index is 274. The van der Waals surface area contributed by atoms with Gasteiger partial charge in [-0.3, -0.25) is 0 Å². The Balaban J connectivity index is 1.34. The van der Waals surface area contributed by atoms with E-state index in [1.54, 1.807) is 6.42 Å². The van der Waals surface area contributed by atoms with Gasteiger partial charge in [0.1, 0.15) is 0 Å². The van der Waals surface area contributed by atoms with Crippen LogP contribution in [0.15, 0.2) is 0 Å². The zero-order chi connectivity index (χ0) is 12.5. The average molecular weight is 250 g/mol. The van der Waals surface area contributed by atoms with Gasteiger partial charge >= 0.3 is 0 Å². The molecule has 2 heteroatoms. The van der Waals surface area contributed by atoms with E-state index in [1.807, 2.05) is 0 Å². The van der Waals surface area contributed by atoms with Crippen molar-refractivity contribution >= 4 is 0 Å². The van der Waals surface area contributed by atoms with Gasteiger partial charge in [0.05, 0.1) is 0 Å². The normalized spacial score (nSPS) is 36.5. The van der Waals surface area contributed by atoms with Gasteiger partial charge in [-0.2, -0.15) is 0 Å². The summed E-state index contributed by atoms with van der Waals surface area (Å²) in [7, 11) is 2.33. The third kappa shape index (κ3) is 3.27. The highest BCUT2D eigenvalue weighted by Gasteiger charge is 2.39. The van der Waals surface area contributed by atoms with E-state index in [4.69, 9.17) is 0 Å². The molecule has 0 heterocycles. The molecule has 0 aromatic heterocycles. The van der Waals surface area contributed by atoms with Crippen molar-refractivity contribution < 1.29 is 0 Å². The molecule has 0 radical (unpaired) electrons. The standard InChI is InChI=1S/C16H30N2/c1-12(9-17-16-5-6-16)10-18(2)11-15-8-13-3-4-14(15)7-13/h12-17H,3-11H2,1-2H3. The first-order chi connectivity index (χ1) is 8.70. The second-order valence-corrected chi connectivity index (χ2v) is 7.44. The lowest BCUT2D eigenvalue weighted by molar-refractivity contribution is 0.199. The molecule has 0 amide bonds. The number of hydrogen-bond donors (Lipinski definition) is 1. The third-order valence-electron chi connectivity index (χ3n) is 5.39. The largest absolute Gasteiger partial charge is 0.314 e. The summed E-state index contributed by atoms with van der Waals surface area (Å²) in [6, 6.07) is 0.864. The average Bonchev–Trinajstić information content (AvgIpc) is 2.94. The highest BCUT2D eigenvalue weighted by molar-refractivity contribution is 4.91. The van der Waals surface area contributed by atoms with Crippen LogP contribution in [0.2, 0.25) is 0 Å². The first-order valence-corrected chi connectivity index (χ1v) is 8.12. The Hall–Kier alpha value is -0.0800. The first kappa shape index (κ1) is 12.9. The van der Waals surface area contributed by atoms with E-state index in [0.29, 0.717) is 0 Å². The summed E-state index contributed by atoms with van der Waals surface area (Å²) in [6.45, 7) is 6.24. The van der Waals surface area contributed by atoms with Crippen molar-refractivity contribution in [2.24, 2.45) is 23.7 Å². The van der Waals surface area contributed by atoms with Crippen LogP contribution >= 0.6 is 0 Å². The summed E-state index contributed by atoms with van der Waals surface area (Å²) in [5, 5.41) is 3.66. The quantitative estimate of drug-likeness (QED) is 0.747. The molecule has 2 bridgehead atoms. The fraction of sp³-hybridized carbons (Fsp3) is 1.00. The Morgan fingerprint density at radius 2 is 2.00 bits per heavy atom. The van der Waals surface area contributed by atoms with Crippen LogP contribution in [-0.2, 0) is 0 Å². The summed E-state index contributed by atoms with van der Waals surface area (Å²) in [6.07, 6.45) is 8.97. The molecular weight excluding hydrogens is 220 g/mol. The molecular formula is C16H30N2. The van der Waals surface area contributed by atoms with Crippen LogP contribution in [0.3, 0.4) is 0 Å². The van der Waals surface area contributed by atoms with E-state index < -0.39 is 0 Å². The van der Waals surface area contributed by atoms with E-state index in [1.165, 1.54) is 51.7 Å². The molecule has 3 rings (SSSR count). The molecule has 3 aliphatic carbocycles. The number of nitrogens with zero attached hydrogens (tertiary/aromatic N) is 1. The van der Waals surface area contributed by atoms with Crippen LogP contribution in [0.5, 0.6) is 0 Å². The lowest BCUT2D eigenvalue weighted by Crippen LogP contribution is -2.35. The second-order valence-electron chi connectivity index (χ2n) is 7.44. The van der Waals surface area contributed by atoms with Crippen molar-refractivity contribution in [3.63, 3.8) is 0 Å². The molecule has 0 aromatic rings. The minimum Gasteiger partial charge on any atom is -0.314 e. The molecule has 3 saturated carbocycles. The zero-order valence-corrected chi connectivity index (χ0v) is 12.2. The van der Waals surface area contributed by atoms with E-state index >= 15 is 0 Å². The van der Waals surface area contributed by atoms with E-state index in [-0.39, 0.29) is 0 Å². The fourth-order valence-electron chi connectivity index (χ4n) is 4.33. The SMILES string of the molecule is CC(CNC1CC1)CN(C)CC1CC2CCC1C2. The monoisotopic (exact) mass is 250 g/mol. The predicted octanol–water partition coefficient (Wildman–Crippen LogP) is 2.74. The summed E-state index contributed by atoms with van der Waals surface area (Å²) in [4.78, 5) is 2.60. The van der Waals surface area contributed by atoms with Crippen molar-refractivity contribution in [2.45, 2.75) is 51.5 Å². The molecule has 0 saturated heterocycles. The maximum absolute atomic E-state index is 3.66. The molecule has 1 N–H and O–H groups in total. The summed E-state index contributed by atoms with van der Waals surface area (Å²) in [5.41, 5.74) is 0. The van der Waals surface area contributed by atoms with Crippen molar-refractivity contribution in [3.05, 3.63) is 0 Å². The molecule has 0 aliphatic heterocycles. The van der Waals surface area contributed by atoms with Crippen LogP contribution in [-0.4, -0.2) is 37.6 Å². The fourth-order valence-corrected chi connectivity index (χ4v) is 4.33. The van der Waals surface area contributed by atoms with Gasteiger partial charge < -0.3 is 10.2 Å². The van der Waals surface area contributed by atoms with Crippen molar-refractivity contribution in [3.8, 4) is 0 Å². The highest BCUT2D eigenvalue weighted by atomic mass is 15.1. The van der Waals surface area contributed by atoms with Gasteiger partial charge in [-0.25, -0.2) is 0 Å². The molecule has 18 heavy (non-hydrogen) atoms. The lowest BCUT2D eigenvalue weighted by Gasteiger charge is -2.29. The second kappa shape index (κ2) is 5.50. The van der Waals surface area contributed by atoms with Gasteiger partial charge in [-0.15, -0.1) is 0 Å². The molecule has 4 unspecified atom stereocenters. The first-order valence-electron chi connectivity index (χ1n) is 8.12. The minimum atomic E-state index is 0.800. The van der Waals surface area contributed by atoms with E-state index in [2.05, 4.69) is 24.2 Å². The van der Waals surface area contributed by atoms with Gasteiger partial charge in [-0.1, -0.05) is 13.3 Å². The summed E-state index contributed by atoms with van der Waals surface area (Å²) >= 11 is 0. The predicted molar refractivity (Wildman–Crippen MR) is 76.6 cm³/mol. The highest BCUT2D eigenvalue weighted by Crippen LogP contribution is 2.48. The molecule has 3 fully saturated rings. The number of nitrogens with one attached hydrogen (secondary N) is 1. The smallest absolute Gasteiger partial charge is 0.00683 e. The molecule has 3 aliphatic rings. The maximum atomic E-state index is 3.66. The Labute approximate surface area is 113 Å². The van der Waals surface area contributed by atoms with E-state index in [0.717, 1.165) is 29.7 Å². The molecule has 104 valence electrons. The van der Waals surface area contributed by atoms with Gasteiger partial charge in [0.25, 0.3) is 0 Å². The van der Waals surface area contributed by atoms with E-state index in [9.17, 15) is 0 Å². The van der Waals surface area contributed by atoms with Crippen LogP contribution in [0.1, 0.15) is 45.4 Å².